The van der Waals surface area contributed by atoms with Crippen molar-refractivity contribution in [2.24, 2.45) is 0 Å². The summed E-state index contributed by atoms with van der Waals surface area (Å²) in [6, 6.07) is 8.90. The number of quaternary nitrogens is 1. The van der Waals surface area contributed by atoms with Crippen molar-refractivity contribution in [3.8, 4) is 0 Å². The molecule has 0 aliphatic carbocycles. The number of carbonyl (C=O) groups is 1. The number of rotatable bonds is 6. The second kappa shape index (κ2) is 8.81. The summed E-state index contributed by atoms with van der Waals surface area (Å²) in [6.45, 7) is 4.76. The number of benzene rings is 1. The Hall–Kier alpha value is -0.520. The summed E-state index contributed by atoms with van der Waals surface area (Å²) in [4.78, 5) is 14.6. The molecule has 116 valence electrons. The van der Waals surface area contributed by atoms with E-state index in [1.807, 2.05) is 12.1 Å². The lowest BCUT2D eigenvalue weighted by Crippen LogP contribution is -3.17. The molecular formula is C16H24BrN2OS+. The number of hydrogen-bond donors (Lipinski definition) is 2. The topological polar surface area (TPSA) is 33.5 Å². The smallest absolute Gasteiger partial charge is 0.275 e. The zero-order valence-electron chi connectivity index (χ0n) is 12.5. The van der Waals surface area contributed by atoms with Gasteiger partial charge in [-0.25, -0.2) is 0 Å². The molecule has 1 aromatic carbocycles. The fraction of sp³-hybridized carbons (Fsp3) is 0.562. The second-order valence-electron chi connectivity index (χ2n) is 5.63. The Morgan fingerprint density at radius 2 is 2.14 bits per heavy atom. The van der Waals surface area contributed by atoms with Gasteiger partial charge in [0.05, 0.1) is 12.6 Å². The van der Waals surface area contributed by atoms with Gasteiger partial charge in [0.25, 0.3) is 5.91 Å². The van der Waals surface area contributed by atoms with E-state index in [1.54, 1.807) is 11.8 Å². The van der Waals surface area contributed by atoms with Crippen LogP contribution in [0.5, 0.6) is 0 Å². The van der Waals surface area contributed by atoms with E-state index in [-0.39, 0.29) is 5.91 Å². The molecule has 2 N–H and O–H groups in total. The van der Waals surface area contributed by atoms with E-state index in [0.717, 1.165) is 23.3 Å². The first-order valence-corrected chi connectivity index (χ1v) is 9.42. The van der Waals surface area contributed by atoms with E-state index in [9.17, 15) is 4.79 Å². The fourth-order valence-electron chi connectivity index (χ4n) is 2.67. The van der Waals surface area contributed by atoms with Gasteiger partial charge in [0.2, 0.25) is 0 Å². The van der Waals surface area contributed by atoms with Gasteiger partial charge in [0.1, 0.15) is 0 Å². The van der Waals surface area contributed by atoms with Crippen LogP contribution in [0.15, 0.2) is 33.6 Å². The molecule has 2 rings (SSSR count). The fourth-order valence-corrected chi connectivity index (χ4v) is 3.71. The van der Waals surface area contributed by atoms with Gasteiger partial charge >= 0.3 is 0 Å². The van der Waals surface area contributed by atoms with E-state index < -0.39 is 0 Å². The molecule has 1 aliphatic heterocycles. The van der Waals surface area contributed by atoms with Crippen LogP contribution in [0.25, 0.3) is 0 Å². The average Bonchev–Trinajstić information content (AvgIpc) is 2.48. The molecule has 0 aromatic heterocycles. The number of piperidine rings is 1. The maximum atomic E-state index is 12.0. The summed E-state index contributed by atoms with van der Waals surface area (Å²) in [5.41, 5.74) is 0. The van der Waals surface area contributed by atoms with Gasteiger partial charge in [-0.15, -0.1) is 11.8 Å². The quantitative estimate of drug-likeness (QED) is 0.593. The molecule has 1 aromatic rings. The molecule has 0 radical (unpaired) electrons. The molecule has 1 aliphatic rings. The highest BCUT2D eigenvalue weighted by Gasteiger charge is 2.23. The molecule has 0 bridgehead atoms. The van der Waals surface area contributed by atoms with Crippen LogP contribution in [0, 0.1) is 0 Å². The molecule has 21 heavy (non-hydrogen) atoms. The van der Waals surface area contributed by atoms with Crippen LogP contribution in [0.1, 0.15) is 26.2 Å². The van der Waals surface area contributed by atoms with Crippen LogP contribution >= 0.6 is 27.7 Å². The maximum absolute atomic E-state index is 12.0. The summed E-state index contributed by atoms with van der Waals surface area (Å²) in [7, 11) is 0. The predicted molar refractivity (Wildman–Crippen MR) is 91.9 cm³/mol. The van der Waals surface area contributed by atoms with E-state index in [0.29, 0.717) is 12.6 Å². The average molecular weight is 372 g/mol. The Bertz CT molecular complexity index is 452. The highest BCUT2D eigenvalue weighted by molar-refractivity contribution is 9.10. The molecule has 0 saturated carbocycles. The van der Waals surface area contributed by atoms with E-state index in [4.69, 9.17) is 0 Å². The molecule has 1 amide bonds. The van der Waals surface area contributed by atoms with Crippen molar-refractivity contribution in [3.05, 3.63) is 28.7 Å². The summed E-state index contributed by atoms with van der Waals surface area (Å²) < 4.78 is 1.10. The summed E-state index contributed by atoms with van der Waals surface area (Å²) >= 11 is 5.21. The van der Waals surface area contributed by atoms with E-state index in [2.05, 4.69) is 40.3 Å². The Morgan fingerprint density at radius 3 is 2.86 bits per heavy atom. The zero-order valence-corrected chi connectivity index (χ0v) is 14.9. The van der Waals surface area contributed by atoms with Gasteiger partial charge in [-0.3, -0.25) is 4.79 Å². The molecule has 1 fully saturated rings. The van der Waals surface area contributed by atoms with E-state index in [1.165, 1.54) is 29.1 Å². The molecule has 1 saturated heterocycles. The molecule has 0 spiro atoms. The SMILES string of the molecule is C[C@@H]1CCCC[NH+]1CC(=O)NCCSc1ccc(Br)cc1. The van der Waals surface area contributed by atoms with E-state index >= 15 is 0 Å². The number of carbonyl (C=O) groups excluding carboxylic acids is 1. The molecular weight excluding hydrogens is 348 g/mol. The molecule has 2 atom stereocenters. The zero-order chi connectivity index (χ0) is 15.1. The number of hydrogen-bond acceptors (Lipinski definition) is 2. The van der Waals surface area contributed by atoms with Gasteiger partial charge in [-0.1, -0.05) is 15.9 Å². The first-order chi connectivity index (χ1) is 10.1. The molecule has 3 nitrogen and oxygen atoms in total. The minimum Gasteiger partial charge on any atom is -0.350 e. The lowest BCUT2D eigenvalue weighted by Gasteiger charge is -2.29. The summed E-state index contributed by atoms with van der Waals surface area (Å²) in [5.74, 6) is 1.10. The van der Waals surface area contributed by atoms with Crippen molar-refractivity contribution < 1.29 is 9.69 Å². The van der Waals surface area contributed by atoms with Gasteiger partial charge in [0.15, 0.2) is 6.54 Å². The summed E-state index contributed by atoms with van der Waals surface area (Å²) in [6.07, 6.45) is 3.82. The molecule has 1 unspecified atom stereocenters. The van der Waals surface area contributed by atoms with Crippen molar-refractivity contribution in [3.63, 3.8) is 0 Å². The van der Waals surface area contributed by atoms with Crippen molar-refractivity contribution >= 4 is 33.6 Å². The van der Waals surface area contributed by atoms with Gasteiger partial charge in [-0.2, -0.15) is 0 Å². The Kier molecular flexibility index (Phi) is 7.07. The lowest BCUT2D eigenvalue weighted by molar-refractivity contribution is -0.920. The minimum atomic E-state index is 0.190. The second-order valence-corrected chi connectivity index (χ2v) is 7.72. The van der Waals surface area contributed by atoms with Crippen LogP contribution in [0.4, 0.5) is 0 Å². The first kappa shape index (κ1) is 16.8. The van der Waals surface area contributed by atoms with Crippen LogP contribution < -0.4 is 10.2 Å². The third-order valence-corrected chi connectivity index (χ3v) is 5.52. The maximum Gasteiger partial charge on any atom is 0.275 e. The number of thioether (sulfide) groups is 1. The van der Waals surface area contributed by atoms with Crippen molar-refractivity contribution in [2.75, 3.05) is 25.4 Å². The Morgan fingerprint density at radius 1 is 1.38 bits per heavy atom. The van der Waals surface area contributed by atoms with Crippen molar-refractivity contribution in [1.29, 1.82) is 0 Å². The van der Waals surface area contributed by atoms with Crippen molar-refractivity contribution in [2.45, 2.75) is 37.1 Å². The Balaban J connectivity index is 1.61. The monoisotopic (exact) mass is 371 g/mol. The first-order valence-electron chi connectivity index (χ1n) is 7.65. The largest absolute Gasteiger partial charge is 0.350 e. The van der Waals surface area contributed by atoms with Gasteiger partial charge < -0.3 is 10.2 Å². The number of nitrogens with one attached hydrogen (secondary N) is 2. The minimum absolute atomic E-state index is 0.190. The number of likely N-dealkylation sites (tertiary alicyclic amines) is 1. The lowest BCUT2D eigenvalue weighted by atomic mass is 10.0. The number of halogens is 1. The normalized spacial score (nSPS) is 22.0. The standard InChI is InChI=1S/C16H23BrN2OS/c1-13-4-2-3-10-19(13)12-16(20)18-9-11-21-15-7-5-14(17)6-8-15/h5-8,13H,2-4,9-12H2,1H3,(H,18,20)/p+1/t13-/m1/s1. The Labute approximate surface area is 140 Å². The number of amides is 1. The van der Waals surface area contributed by atoms with Gasteiger partial charge in [-0.05, 0) is 50.5 Å². The summed E-state index contributed by atoms with van der Waals surface area (Å²) in [5, 5.41) is 3.04. The molecule has 1 heterocycles. The van der Waals surface area contributed by atoms with Crippen LogP contribution in [0.3, 0.4) is 0 Å². The van der Waals surface area contributed by atoms with Crippen LogP contribution in [-0.2, 0) is 4.79 Å². The highest BCUT2D eigenvalue weighted by Crippen LogP contribution is 2.19. The van der Waals surface area contributed by atoms with Crippen LogP contribution in [0.2, 0.25) is 0 Å². The predicted octanol–water partition coefficient (Wildman–Crippen LogP) is 2.11. The third kappa shape index (κ3) is 6.01. The van der Waals surface area contributed by atoms with Crippen molar-refractivity contribution in [1.82, 2.24) is 5.32 Å². The molecule has 5 heteroatoms. The third-order valence-electron chi connectivity index (χ3n) is 3.98. The van der Waals surface area contributed by atoms with Gasteiger partial charge in [0, 0.05) is 21.7 Å². The van der Waals surface area contributed by atoms with Crippen LogP contribution in [-0.4, -0.2) is 37.3 Å². The highest BCUT2D eigenvalue weighted by atomic mass is 79.9.